The molecule has 0 atom stereocenters. The van der Waals surface area contributed by atoms with Gasteiger partial charge in [-0.15, -0.1) is 0 Å². The number of unbranched alkanes of at least 4 members (excludes halogenated alkanes) is 11. The summed E-state index contributed by atoms with van der Waals surface area (Å²) < 4.78 is 10.2. The minimum absolute atomic E-state index is 0.0988. The minimum atomic E-state index is 0.0988. The first-order valence-corrected chi connectivity index (χ1v) is 10.6. The van der Waals surface area contributed by atoms with E-state index in [9.17, 15) is 4.79 Å². The average Bonchev–Trinajstić information content (AvgIpc) is 2.62. The van der Waals surface area contributed by atoms with E-state index in [1.807, 2.05) is 11.8 Å². The Labute approximate surface area is 156 Å². The van der Waals surface area contributed by atoms with Crippen LogP contribution in [0, 0.1) is 0 Å². The van der Waals surface area contributed by atoms with E-state index >= 15 is 0 Å². The van der Waals surface area contributed by atoms with Gasteiger partial charge in [-0.1, -0.05) is 77.6 Å². The molecule has 0 spiro atoms. The van der Waals surface area contributed by atoms with Crippen LogP contribution in [0.3, 0.4) is 0 Å². The maximum atomic E-state index is 12.0. The normalized spacial score (nSPS) is 11.0. The molecule has 0 aliphatic carbocycles. The van der Waals surface area contributed by atoms with Gasteiger partial charge in [-0.25, -0.2) is 0 Å². The topological polar surface area (TPSA) is 38.8 Å². The quantitative estimate of drug-likeness (QED) is 0.298. The molecule has 4 heteroatoms. The Morgan fingerprint density at radius 1 is 0.760 bits per heavy atom. The van der Waals surface area contributed by atoms with E-state index in [2.05, 4.69) is 6.92 Å². The van der Waals surface area contributed by atoms with Crippen LogP contribution in [0.25, 0.3) is 0 Å². The molecule has 0 saturated carbocycles. The van der Waals surface area contributed by atoms with Crippen LogP contribution in [0.15, 0.2) is 0 Å². The van der Waals surface area contributed by atoms with Crippen molar-refractivity contribution < 1.29 is 14.3 Å². The third-order valence-corrected chi connectivity index (χ3v) is 4.67. The highest BCUT2D eigenvalue weighted by Crippen LogP contribution is 2.12. The average molecular weight is 358 g/mol. The second-order valence-electron chi connectivity index (χ2n) is 6.91. The van der Waals surface area contributed by atoms with E-state index in [-0.39, 0.29) is 12.5 Å². The second-order valence-corrected chi connectivity index (χ2v) is 6.91. The molecule has 0 aromatic carbocycles. The van der Waals surface area contributed by atoms with E-state index in [0.29, 0.717) is 13.2 Å². The Kier molecular flexibility index (Phi) is 19.2. The van der Waals surface area contributed by atoms with E-state index in [4.69, 9.17) is 9.47 Å². The summed E-state index contributed by atoms with van der Waals surface area (Å²) in [6, 6.07) is 0. The summed E-state index contributed by atoms with van der Waals surface area (Å²) in [7, 11) is 1.64. The number of rotatable bonds is 19. The lowest BCUT2D eigenvalue weighted by molar-refractivity contribution is -0.136. The van der Waals surface area contributed by atoms with Crippen molar-refractivity contribution in [1.29, 1.82) is 0 Å². The number of amides is 1. The summed E-state index contributed by atoms with van der Waals surface area (Å²) >= 11 is 0. The van der Waals surface area contributed by atoms with E-state index < -0.39 is 0 Å². The van der Waals surface area contributed by atoms with Crippen molar-refractivity contribution in [2.24, 2.45) is 0 Å². The number of hydrogen-bond acceptors (Lipinski definition) is 3. The fraction of sp³-hybridized carbons (Fsp3) is 0.952. The molecular formula is C21H43NO3. The zero-order valence-electron chi connectivity index (χ0n) is 17.2. The molecule has 150 valence electrons. The summed E-state index contributed by atoms with van der Waals surface area (Å²) in [6.07, 6.45) is 16.1. The number of hydrogen-bond donors (Lipinski definition) is 0. The SMILES string of the molecule is CCCCCCCCCCCCCCN(CC)C(=O)COCCOC. The van der Waals surface area contributed by atoms with Crippen LogP contribution >= 0.6 is 0 Å². The highest BCUT2D eigenvalue weighted by Gasteiger charge is 2.10. The first-order valence-electron chi connectivity index (χ1n) is 10.6. The van der Waals surface area contributed by atoms with Crippen LogP contribution in [0.5, 0.6) is 0 Å². The van der Waals surface area contributed by atoms with Crippen molar-refractivity contribution in [3.05, 3.63) is 0 Å². The molecule has 1 amide bonds. The fourth-order valence-corrected chi connectivity index (χ4v) is 3.00. The maximum Gasteiger partial charge on any atom is 0.248 e. The maximum absolute atomic E-state index is 12.0. The monoisotopic (exact) mass is 357 g/mol. The lowest BCUT2D eigenvalue weighted by Crippen LogP contribution is -2.35. The lowest BCUT2D eigenvalue weighted by Gasteiger charge is -2.20. The molecule has 25 heavy (non-hydrogen) atoms. The molecule has 0 aromatic heterocycles. The summed E-state index contributed by atoms with van der Waals surface area (Å²) in [5.41, 5.74) is 0. The van der Waals surface area contributed by atoms with Gasteiger partial charge in [0.25, 0.3) is 0 Å². The van der Waals surface area contributed by atoms with E-state index in [1.54, 1.807) is 7.11 Å². The van der Waals surface area contributed by atoms with Crippen molar-refractivity contribution in [3.8, 4) is 0 Å². The molecule has 0 N–H and O–H groups in total. The van der Waals surface area contributed by atoms with Crippen LogP contribution in [-0.4, -0.2) is 50.8 Å². The van der Waals surface area contributed by atoms with Crippen LogP contribution in [0.2, 0.25) is 0 Å². The van der Waals surface area contributed by atoms with Crippen molar-refractivity contribution in [1.82, 2.24) is 4.90 Å². The third-order valence-electron chi connectivity index (χ3n) is 4.67. The molecule has 0 unspecified atom stereocenters. The predicted molar refractivity (Wildman–Crippen MR) is 106 cm³/mol. The van der Waals surface area contributed by atoms with Crippen molar-refractivity contribution >= 4 is 5.91 Å². The summed E-state index contributed by atoms with van der Waals surface area (Å²) in [6.45, 7) is 7.14. The molecule has 0 aliphatic rings. The van der Waals surface area contributed by atoms with Crippen LogP contribution in [0.1, 0.15) is 90.9 Å². The standard InChI is InChI=1S/C21H43NO3/c1-4-6-7-8-9-10-11-12-13-14-15-16-17-22(5-2)21(23)20-25-19-18-24-3/h4-20H2,1-3H3. The summed E-state index contributed by atoms with van der Waals surface area (Å²) in [5.74, 6) is 0.0988. The van der Waals surface area contributed by atoms with Crippen molar-refractivity contribution in [3.63, 3.8) is 0 Å². The zero-order chi connectivity index (χ0) is 18.6. The largest absolute Gasteiger partial charge is 0.382 e. The van der Waals surface area contributed by atoms with Gasteiger partial charge >= 0.3 is 0 Å². The van der Waals surface area contributed by atoms with Gasteiger partial charge in [-0.05, 0) is 13.3 Å². The molecule has 0 heterocycles. The second kappa shape index (κ2) is 19.7. The number of carbonyl (C=O) groups is 1. The van der Waals surface area contributed by atoms with Gasteiger partial charge in [0.15, 0.2) is 0 Å². The van der Waals surface area contributed by atoms with Gasteiger partial charge in [0, 0.05) is 20.2 Å². The van der Waals surface area contributed by atoms with Gasteiger partial charge < -0.3 is 14.4 Å². The summed E-state index contributed by atoms with van der Waals surface area (Å²) in [4.78, 5) is 13.9. The van der Waals surface area contributed by atoms with E-state index in [0.717, 1.165) is 19.5 Å². The Balaban J connectivity index is 3.42. The Bertz CT molecular complexity index is 284. The van der Waals surface area contributed by atoms with Gasteiger partial charge in [0.05, 0.1) is 13.2 Å². The van der Waals surface area contributed by atoms with Crippen LogP contribution < -0.4 is 0 Å². The molecule has 4 nitrogen and oxygen atoms in total. The summed E-state index contributed by atoms with van der Waals surface area (Å²) in [5, 5.41) is 0. The number of ether oxygens (including phenoxy) is 2. The number of likely N-dealkylation sites (N-methyl/N-ethyl adjacent to an activating group) is 1. The van der Waals surface area contributed by atoms with Gasteiger partial charge in [-0.2, -0.15) is 0 Å². The first-order chi connectivity index (χ1) is 12.3. The minimum Gasteiger partial charge on any atom is -0.382 e. The van der Waals surface area contributed by atoms with E-state index in [1.165, 1.54) is 70.6 Å². The van der Waals surface area contributed by atoms with Gasteiger partial charge in [-0.3, -0.25) is 4.79 Å². The van der Waals surface area contributed by atoms with Gasteiger partial charge in [0.1, 0.15) is 6.61 Å². The first kappa shape index (κ1) is 24.4. The molecule has 0 saturated heterocycles. The van der Waals surface area contributed by atoms with Crippen LogP contribution in [0.4, 0.5) is 0 Å². The fourth-order valence-electron chi connectivity index (χ4n) is 3.00. The van der Waals surface area contributed by atoms with Gasteiger partial charge in [0.2, 0.25) is 5.91 Å². The molecule has 0 aliphatic heterocycles. The Morgan fingerprint density at radius 3 is 1.76 bits per heavy atom. The van der Waals surface area contributed by atoms with Crippen molar-refractivity contribution in [2.45, 2.75) is 90.9 Å². The molecule has 0 radical (unpaired) electrons. The number of carbonyl (C=O) groups excluding carboxylic acids is 1. The van der Waals surface area contributed by atoms with Crippen molar-refractivity contribution in [2.75, 3.05) is 40.0 Å². The third kappa shape index (κ3) is 16.6. The number of methoxy groups -OCH3 is 1. The molecule has 0 rings (SSSR count). The smallest absolute Gasteiger partial charge is 0.248 e. The van der Waals surface area contributed by atoms with Crippen LogP contribution in [-0.2, 0) is 14.3 Å². The Morgan fingerprint density at radius 2 is 1.28 bits per heavy atom. The molecule has 0 aromatic rings. The molecule has 0 fully saturated rings. The molecule has 0 bridgehead atoms. The zero-order valence-corrected chi connectivity index (χ0v) is 17.2. The Hall–Kier alpha value is -0.610. The highest BCUT2D eigenvalue weighted by atomic mass is 16.5. The number of nitrogens with zero attached hydrogens (tertiary/aromatic N) is 1. The highest BCUT2D eigenvalue weighted by molar-refractivity contribution is 5.77. The predicted octanol–water partition coefficient (Wildman–Crippen LogP) is 5.20. The molecular weight excluding hydrogens is 314 g/mol. The lowest BCUT2D eigenvalue weighted by atomic mass is 10.1.